The molecule has 0 saturated heterocycles. The van der Waals surface area contributed by atoms with Crippen molar-refractivity contribution in [2.45, 2.75) is 75.7 Å². The number of nitrogens with zero attached hydrogens (tertiary/aromatic N) is 1. The van der Waals surface area contributed by atoms with Crippen LogP contribution in [-0.4, -0.2) is 98.0 Å². The lowest BCUT2D eigenvalue weighted by Gasteiger charge is -2.61. The molecule has 276 valence electrons. The Labute approximate surface area is 289 Å². The predicted octanol–water partition coefficient (Wildman–Crippen LogP) is 1.73. The second-order valence-corrected chi connectivity index (χ2v) is 13.6. The molecule has 4 aliphatic carbocycles. The van der Waals surface area contributed by atoms with Crippen molar-refractivity contribution in [3.63, 3.8) is 0 Å². The number of ether oxygens (including phenoxy) is 3. The van der Waals surface area contributed by atoms with Crippen molar-refractivity contribution in [1.82, 2.24) is 5.32 Å². The molecule has 0 bridgehead atoms. The maximum Gasteiger partial charge on any atom is 0.513 e. The van der Waals surface area contributed by atoms with Gasteiger partial charge in [0.25, 0.3) is 5.09 Å². The quantitative estimate of drug-likeness (QED) is 0.0717. The van der Waals surface area contributed by atoms with Crippen LogP contribution in [0.15, 0.2) is 48.1 Å². The number of Topliss-reactive ketones (excluding diaryl/α,β-unsaturated/α-hetero) is 1. The highest BCUT2D eigenvalue weighted by Gasteiger charge is 2.76. The summed E-state index contributed by atoms with van der Waals surface area (Å²) in [7, 11) is 0. The van der Waals surface area contributed by atoms with Crippen LogP contribution in [-0.2, 0) is 35.3 Å². The van der Waals surface area contributed by atoms with Crippen molar-refractivity contribution in [1.29, 1.82) is 0 Å². The summed E-state index contributed by atoms with van der Waals surface area (Å²) in [6.45, 7) is 0.482. The molecule has 9 atom stereocenters. The molecular weight excluding hydrogens is 683 g/mol. The minimum atomic E-state index is -2.60. The number of hydrogen-bond donors (Lipinski definition) is 5. The first-order chi connectivity index (χ1) is 23.9. The number of nitrogens with one attached hydrogen (secondary N) is 1. The number of aliphatic carboxylic acids is 1. The number of allylic oxidation sites excluding steroid dienone is 4. The topological polar surface area (TPSA) is 258 Å². The second-order valence-electron chi connectivity index (χ2n) is 13.6. The van der Waals surface area contributed by atoms with Crippen LogP contribution in [0.1, 0.15) is 45.1 Å². The van der Waals surface area contributed by atoms with Gasteiger partial charge in [-0.2, -0.15) is 0 Å². The molecule has 2 saturated carbocycles. The van der Waals surface area contributed by atoms with Gasteiger partial charge in [0.2, 0.25) is 5.78 Å². The zero-order valence-electron chi connectivity index (χ0n) is 27.5. The fourth-order valence-corrected chi connectivity index (χ4v) is 8.34. The van der Waals surface area contributed by atoms with Gasteiger partial charge in [-0.3, -0.25) is 9.59 Å². The van der Waals surface area contributed by atoms with Crippen molar-refractivity contribution < 1.29 is 72.9 Å². The van der Waals surface area contributed by atoms with Crippen molar-refractivity contribution in [3.05, 3.63) is 63.7 Å². The molecule has 2 fully saturated rings. The first-order valence-corrected chi connectivity index (χ1v) is 16.0. The zero-order chi connectivity index (χ0) is 37.5. The van der Waals surface area contributed by atoms with E-state index in [1.165, 1.54) is 43.3 Å². The number of carbonyl (C=O) groups excluding carboxylic acids is 4. The highest BCUT2D eigenvalue weighted by atomic mass is 19.1. The van der Waals surface area contributed by atoms with Gasteiger partial charge >= 0.3 is 18.2 Å². The molecule has 1 unspecified atom stereocenters. The van der Waals surface area contributed by atoms with Crippen molar-refractivity contribution >= 4 is 29.8 Å². The average molecular weight is 721 g/mol. The summed E-state index contributed by atoms with van der Waals surface area (Å²) in [5.41, 5.74) is -7.03. The van der Waals surface area contributed by atoms with Crippen LogP contribution in [0.2, 0.25) is 0 Å². The van der Waals surface area contributed by atoms with E-state index in [2.05, 4.69) is 4.84 Å². The molecule has 5 N–H and O–H groups in total. The normalized spacial score (nSPS) is 34.1. The number of benzene rings is 1. The van der Waals surface area contributed by atoms with Gasteiger partial charge in [0.05, 0.1) is 12.2 Å². The van der Waals surface area contributed by atoms with Crippen LogP contribution >= 0.6 is 0 Å². The van der Waals surface area contributed by atoms with E-state index in [4.69, 9.17) is 14.2 Å². The maximum absolute atomic E-state index is 17.3. The Balaban J connectivity index is 1.20. The number of hydrogen-bond acceptors (Lipinski definition) is 14. The lowest BCUT2D eigenvalue weighted by atomic mass is 9.45. The first-order valence-electron chi connectivity index (χ1n) is 16.0. The monoisotopic (exact) mass is 720 g/mol. The number of halogens is 1. The average Bonchev–Trinajstić information content (AvgIpc) is 3.26. The summed E-state index contributed by atoms with van der Waals surface area (Å²) in [6.07, 6.45) is -2.47. The van der Waals surface area contributed by atoms with Crippen LogP contribution in [0, 0.1) is 32.8 Å². The van der Waals surface area contributed by atoms with Crippen molar-refractivity contribution in [2.75, 3.05) is 13.2 Å². The molecule has 5 rings (SSSR count). The third-order valence-electron chi connectivity index (χ3n) is 11.0. The van der Waals surface area contributed by atoms with E-state index in [-0.39, 0.29) is 36.4 Å². The van der Waals surface area contributed by atoms with Crippen molar-refractivity contribution in [3.8, 4) is 5.75 Å². The first kappa shape index (κ1) is 37.3. The molecule has 17 nitrogen and oxygen atoms in total. The summed E-state index contributed by atoms with van der Waals surface area (Å²) >= 11 is 0. The lowest BCUT2D eigenvalue weighted by Crippen LogP contribution is -2.69. The highest BCUT2D eigenvalue weighted by Crippen LogP contribution is 2.69. The molecule has 0 aromatic heterocycles. The molecular formula is C33H37FN2O15. The van der Waals surface area contributed by atoms with E-state index in [9.17, 15) is 54.5 Å². The third-order valence-corrected chi connectivity index (χ3v) is 11.0. The van der Waals surface area contributed by atoms with E-state index in [0.717, 1.165) is 0 Å². The molecule has 1 aromatic rings. The maximum atomic E-state index is 17.3. The predicted molar refractivity (Wildman–Crippen MR) is 166 cm³/mol. The fourth-order valence-electron chi connectivity index (χ4n) is 8.34. The summed E-state index contributed by atoms with van der Waals surface area (Å²) < 4.78 is 31.8. The third kappa shape index (κ3) is 6.42. The number of alkyl halides is 1. The van der Waals surface area contributed by atoms with Gasteiger partial charge < -0.3 is 44.8 Å². The van der Waals surface area contributed by atoms with Crippen LogP contribution < -0.4 is 10.1 Å². The summed E-state index contributed by atoms with van der Waals surface area (Å²) in [4.78, 5) is 76.6. The molecule has 0 spiro atoms. The highest BCUT2D eigenvalue weighted by molar-refractivity contribution is 5.94. The van der Waals surface area contributed by atoms with Gasteiger partial charge in [-0.15, -0.1) is 10.1 Å². The van der Waals surface area contributed by atoms with Crippen LogP contribution in [0.4, 0.5) is 14.0 Å². The number of rotatable bonds is 11. The van der Waals surface area contributed by atoms with E-state index in [0.29, 0.717) is 5.57 Å². The van der Waals surface area contributed by atoms with Crippen LogP contribution in [0.5, 0.6) is 5.75 Å². The zero-order valence-corrected chi connectivity index (χ0v) is 27.5. The lowest BCUT2D eigenvalue weighted by molar-refractivity contribution is -0.763. The number of amides is 1. The number of aliphatic hydroxyl groups excluding tert-OH is 2. The summed E-state index contributed by atoms with van der Waals surface area (Å²) in [6, 6.07) is 3.47. The van der Waals surface area contributed by atoms with Crippen molar-refractivity contribution in [2.24, 2.45) is 22.7 Å². The van der Waals surface area contributed by atoms with Crippen LogP contribution in [0.25, 0.3) is 0 Å². The Morgan fingerprint density at radius 3 is 2.55 bits per heavy atom. The number of carboxylic acid groups (broad SMARTS) is 1. The summed E-state index contributed by atoms with van der Waals surface area (Å²) in [5.74, 6) is -4.96. The standard InChI is InChI=1S/C33H37FN2O15/c1-30-9-8-19(37)11-18(30)6-7-21-22-12-24(38)33(45,31(22,2)13-25(39)32(21,30)34)26(40)16-48-28(43)35-23(27(41)42)15-49-29(44)51-20-5-3-4-17(10-20)14-50-36(46)47/h3-6,8-10,21-25,38-39,45H,7,11-16H2,1-2H3,(H,35,43)(H,41,42)/t21-,22-,23?,24+,25-,30-,31-,32-,33-/m0/s1. The molecule has 0 aliphatic heterocycles. The van der Waals surface area contributed by atoms with Gasteiger partial charge in [0.1, 0.15) is 19.0 Å². The molecule has 0 heterocycles. The number of carbonyl (C=O) groups is 5. The SMILES string of the molecule is C[C@]12C=CC(=O)CC1=CC[C@H]1[C@@H]3C[C@@H](O)[C@](O)(C(=O)COC(=O)NC(COC(=O)Oc4cccc(CO[N+](=O)[O-])c4)C(=O)O)[C@@]3(C)C[C@H](O)[C@@]12F. The van der Waals surface area contributed by atoms with E-state index >= 15 is 4.39 Å². The molecule has 18 heteroatoms. The minimum absolute atomic E-state index is 0.0105. The molecule has 0 radical (unpaired) electrons. The number of alkyl carbamates (subject to hydrolysis) is 1. The summed E-state index contributed by atoms with van der Waals surface area (Å²) in [5, 5.41) is 55.1. The smallest absolute Gasteiger partial charge is 0.480 e. The van der Waals surface area contributed by atoms with Gasteiger partial charge in [0, 0.05) is 23.2 Å². The minimum Gasteiger partial charge on any atom is -0.480 e. The number of aliphatic hydroxyl groups is 3. The number of fused-ring (bicyclic) bond motifs is 5. The van der Waals surface area contributed by atoms with Crippen LogP contribution in [0.3, 0.4) is 0 Å². The number of carboxylic acids is 1. The van der Waals surface area contributed by atoms with Gasteiger partial charge in [0.15, 0.2) is 29.7 Å². The van der Waals surface area contributed by atoms with E-state index in [1.54, 1.807) is 13.0 Å². The Kier molecular flexibility index (Phi) is 9.99. The largest absolute Gasteiger partial charge is 0.513 e. The Hall–Kier alpha value is -4.94. The Bertz CT molecular complexity index is 1700. The molecule has 51 heavy (non-hydrogen) atoms. The molecule has 1 amide bonds. The Morgan fingerprint density at radius 2 is 1.86 bits per heavy atom. The fraction of sp³-hybridized carbons (Fsp3) is 0.545. The van der Waals surface area contributed by atoms with E-state index < -0.39 is 108 Å². The number of ketones is 2. The second kappa shape index (κ2) is 13.6. The molecule has 4 aliphatic rings. The van der Waals surface area contributed by atoms with Gasteiger partial charge in [-0.25, -0.2) is 18.8 Å². The van der Waals surface area contributed by atoms with Gasteiger partial charge in [-0.05, 0) is 55.9 Å². The van der Waals surface area contributed by atoms with E-state index in [1.807, 2.05) is 5.32 Å². The van der Waals surface area contributed by atoms with Gasteiger partial charge in [-0.1, -0.05) is 36.8 Å². The molecule has 1 aromatic carbocycles. The Morgan fingerprint density at radius 1 is 1.14 bits per heavy atom.